The summed E-state index contributed by atoms with van der Waals surface area (Å²) in [6, 6.07) is 20.6. The maximum Gasteiger partial charge on any atom is 0.282 e. The summed E-state index contributed by atoms with van der Waals surface area (Å²) in [5.74, 6) is 2.26. The molecule has 7 heteroatoms. The molecule has 0 N–H and O–H groups in total. The number of aliphatic imine (C=N–C) groups is 1. The van der Waals surface area contributed by atoms with Crippen LogP contribution in [0.25, 0.3) is 6.08 Å². The Morgan fingerprint density at radius 2 is 1.70 bits per heavy atom. The lowest BCUT2D eigenvalue weighted by Crippen LogP contribution is -2.32. The van der Waals surface area contributed by atoms with Crippen molar-refractivity contribution in [3.63, 3.8) is 0 Å². The molecule has 0 radical (unpaired) electrons. The number of amidine groups is 1. The molecule has 0 spiro atoms. The average Bonchev–Trinajstić information content (AvgIpc) is 3.15. The second kappa shape index (κ2) is 9.92. The van der Waals surface area contributed by atoms with Crippen molar-refractivity contribution in [3.8, 4) is 17.2 Å². The maximum atomic E-state index is 13.5. The Morgan fingerprint density at radius 3 is 2.36 bits per heavy atom. The van der Waals surface area contributed by atoms with Gasteiger partial charge in [-0.1, -0.05) is 40.2 Å². The van der Waals surface area contributed by atoms with Gasteiger partial charge >= 0.3 is 0 Å². The molecular formula is C26H23BrN2O4. The van der Waals surface area contributed by atoms with Crippen molar-refractivity contribution in [2.45, 2.75) is 6.92 Å². The van der Waals surface area contributed by atoms with Crippen LogP contribution in [0.2, 0.25) is 0 Å². The van der Waals surface area contributed by atoms with Crippen LogP contribution in [0.5, 0.6) is 17.2 Å². The van der Waals surface area contributed by atoms with E-state index in [1.54, 1.807) is 31.3 Å². The van der Waals surface area contributed by atoms with Gasteiger partial charge in [-0.05, 0) is 61.0 Å². The molecule has 1 amide bonds. The van der Waals surface area contributed by atoms with Gasteiger partial charge in [0.25, 0.3) is 5.91 Å². The van der Waals surface area contributed by atoms with E-state index < -0.39 is 0 Å². The smallest absolute Gasteiger partial charge is 0.282 e. The number of halogens is 1. The van der Waals surface area contributed by atoms with E-state index in [1.807, 2.05) is 67.6 Å². The largest absolute Gasteiger partial charge is 0.494 e. The Kier molecular flexibility index (Phi) is 6.79. The lowest BCUT2D eigenvalue weighted by atomic mass is 10.1. The first-order chi connectivity index (χ1) is 16.0. The molecule has 33 heavy (non-hydrogen) atoms. The molecule has 4 rings (SSSR count). The van der Waals surface area contributed by atoms with Gasteiger partial charge in [-0.2, -0.15) is 0 Å². The van der Waals surface area contributed by atoms with E-state index in [9.17, 15) is 4.79 Å². The quantitative estimate of drug-likeness (QED) is 0.385. The molecule has 1 heterocycles. The number of anilines is 1. The van der Waals surface area contributed by atoms with E-state index in [-0.39, 0.29) is 5.91 Å². The summed E-state index contributed by atoms with van der Waals surface area (Å²) in [5, 5.41) is 0. The standard InChI is InChI=1S/C26H23BrN2O4/c1-4-33-19-12-10-18(11-13-19)29-25(20-7-5-6-8-21(20)27)28-22(26(29)30)15-17-9-14-23(31-2)24(16-17)32-3/h5-16H,4H2,1-3H3/b22-15+. The Balaban J connectivity index is 1.79. The number of rotatable bonds is 7. The Morgan fingerprint density at radius 1 is 0.970 bits per heavy atom. The molecule has 3 aromatic carbocycles. The zero-order valence-corrected chi connectivity index (χ0v) is 20.1. The van der Waals surface area contributed by atoms with Crippen molar-refractivity contribution in [2.24, 2.45) is 4.99 Å². The third-order valence-electron chi connectivity index (χ3n) is 5.09. The summed E-state index contributed by atoms with van der Waals surface area (Å²) < 4.78 is 17.1. The molecule has 0 aromatic heterocycles. The number of carbonyl (C=O) groups is 1. The van der Waals surface area contributed by atoms with E-state index in [1.165, 1.54) is 0 Å². The summed E-state index contributed by atoms with van der Waals surface area (Å²) in [6.07, 6.45) is 1.75. The summed E-state index contributed by atoms with van der Waals surface area (Å²) in [6.45, 7) is 2.50. The van der Waals surface area contributed by atoms with Crippen LogP contribution in [-0.2, 0) is 4.79 Å². The lowest BCUT2D eigenvalue weighted by Gasteiger charge is -2.19. The number of hydrogen-bond acceptors (Lipinski definition) is 5. The van der Waals surface area contributed by atoms with Crippen molar-refractivity contribution in [3.05, 3.63) is 88.0 Å². The minimum atomic E-state index is -0.223. The summed E-state index contributed by atoms with van der Waals surface area (Å²) in [7, 11) is 3.16. The molecule has 168 valence electrons. The summed E-state index contributed by atoms with van der Waals surface area (Å²) in [5.41, 5.74) is 2.62. The topological polar surface area (TPSA) is 60.4 Å². The van der Waals surface area contributed by atoms with E-state index in [2.05, 4.69) is 15.9 Å². The number of carbonyl (C=O) groups excluding carboxylic acids is 1. The molecule has 6 nitrogen and oxygen atoms in total. The molecule has 0 atom stereocenters. The van der Waals surface area contributed by atoms with Crippen LogP contribution in [0.15, 0.2) is 81.9 Å². The third-order valence-corrected chi connectivity index (χ3v) is 5.78. The van der Waals surface area contributed by atoms with Gasteiger partial charge in [0.15, 0.2) is 11.5 Å². The fourth-order valence-corrected chi connectivity index (χ4v) is 4.00. The molecule has 1 aliphatic heterocycles. The Labute approximate surface area is 201 Å². The zero-order chi connectivity index (χ0) is 23.4. The lowest BCUT2D eigenvalue weighted by molar-refractivity contribution is -0.113. The van der Waals surface area contributed by atoms with Crippen molar-refractivity contribution in [2.75, 3.05) is 25.7 Å². The van der Waals surface area contributed by atoms with Crippen LogP contribution in [0, 0.1) is 0 Å². The molecule has 1 aliphatic rings. The molecule has 0 aliphatic carbocycles. The Hall–Kier alpha value is -3.58. The van der Waals surface area contributed by atoms with Crippen molar-refractivity contribution in [1.29, 1.82) is 0 Å². The maximum absolute atomic E-state index is 13.5. The SMILES string of the molecule is CCOc1ccc(N2C(=O)/C(=C\c3ccc(OC)c(OC)c3)N=C2c2ccccc2Br)cc1. The minimum absolute atomic E-state index is 0.223. The first kappa shape index (κ1) is 22.6. The number of benzene rings is 3. The highest BCUT2D eigenvalue weighted by Gasteiger charge is 2.33. The molecule has 0 fully saturated rings. The summed E-state index contributed by atoms with van der Waals surface area (Å²) >= 11 is 3.59. The van der Waals surface area contributed by atoms with Gasteiger partial charge in [0.2, 0.25) is 0 Å². The van der Waals surface area contributed by atoms with Gasteiger partial charge in [-0.25, -0.2) is 4.99 Å². The van der Waals surface area contributed by atoms with Gasteiger partial charge in [0, 0.05) is 10.0 Å². The fourth-order valence-electron chi connectivity index (χ4n) is 3.54. The first-order valence-corrected chi connectivity index (χ1v) is 11.2. The highest BCUT2D eigenvalue weighted by Crippen LogP contribution is 2.33. The molecule has 0 saturated heterocycles. The van der Waals surface area contributed by atoms with E-state index in [0.717, 1.165) is 21.3 Å². The molecule has 0 bridgehead atoms. The Bertz CT molecular complexity index is 1240. The van der Waals surface area contributed by atoms with Crippen molar-refractivity contribution in [1.82, 2.24) is 0 Å². The minimum Gasteiger partial charge on any atom is -0.494 e. The second-order valence-electron chi connectivity index (χ2n) is 7.13. The number of ether oxygens (including phenoxy) is 3. The number of hydrogen-bond donors (Lipinski definition) is 0. The van der Waals surface area contributed by atoms with Crippen LogP contribution in [0.4, 0.5) is 5.69 Å². The van der Waals surface area contributed by atoms with Crippen LogP contribution in [0.1, 0.15) is 18.1 Å². The molecule has 3 aromatic rings. The van der Waals surface area contributed by atoms with Gasteiger partial charge in [0.05, 0.1) is 26.5 Å². The number of nitrogens with zero attached hydrogens (tertiary/aromatic N) is 2. The highest BCUT2D eigenvalue weighted by atomic mass is 79.9. The van der Waals surface area contributed by atoms with Crippen LogP contribution >= 0.6 is 15.9 Å². The van der Waals surface area contributed by atoms with Crippen molar-refractivity contribution < 1.29 is 19.0 Å². The van der Waals surface area contributed by atoms with Crippen molar-refractivity contribution >= 4 is 39.4 Å². The van der Waals surface area contributed by atoms with E-state index in [4.69, 9.17) is 19.2 Å². The van der Waals surface area contributed by atoms with Gasteiger partial charge in [0.1, 0.15) is 17.3 Å². The monoisotopic (exact) mass is 506 g/mol. The molecule has 0 unspecified atom stereocenters. The third kappa shape index (κ3) is 4.64. The number of amides is 1. The van der Waals surface area contributed by atoms with Gasteiger partial charge in [-0.15, -0.1) is 0 Å². The van der Waals surface area contributed by atoms with Gasteiger partial charge in [-0.3, -0.25) is 9.69 Å². The van der Waals surface area contributed by atoms with Crippen LogP contribution in [0.3, 0.4) is 0 Å². The fraction of sp³-hybridized carbons (Fsp3) is 0.154. The predicted molar refractivity (Wildman–Crippen MR) is 133 cm³/mol. The van der Waals surface area contributed by atoms with Crippen LogP contribution in [-0.4, -0.2) is 32.6 Å². The normalized spacial score (nSPS) is 14.4. The van der Waals surface area contributed by atoms with E-state index in [0.29, 0.717) is 35.3 Å². The molecule has 0 saturated carbocycles. The first-order valence-electron chi connectivity index (χ1n) is 10.4. The van der Waals surface area contributed by atoms with Gasteiger partial charge < -0.3 is 14.2 Å². The second-order valence-corrected chi connectivity index (χ2v) is 7.98. The summed E-state index contributed by atoms with van der Waals surface area (Å²) in [4.78, 5) is 19.9. The predicted octanol–water partition coefficient (Wildman–Crippen LogP) is 5.70. The average molecular weight is 507 g/mol. The van der Waals surface area contributed by atoms with E-state index >= 15 is 0 Å². The molecular weight excluding hydrogens is 484 g/mol. The van der Waals surface area contributed by atoms with Crippen LogP contribution < -0.4 is 19.1 Å². The number of methoxy groups -OCH3 is 2. The highest BCUT2D eigenvalue weighted by molar-refractivity contribution is 9.10. The zero-order valence-electron chi connectivity index (χ0n) is 18.5.